The van der Waals surface area contributed by atoms with Crippen molar-refractivity contribution in [2.45, 2.75) is 24.0 Å². The average molecular weight is 300 g/mol. The first kappa shape index (κ1) is 17.5. The largest absolute Gasteiger partial charge is 0.508 e. The summed E-state index contributed by atoms with van der Waals surface area (Å²) in [5.41, 5.74) is -3.83. The van der Waals surface area contributed by atoms with E-state index in [1.807, 2.05) is 0 Å². The van der Waals surface area contributed by atoms with Crippen LogP contribution in [0, 0.1) is 40.5 Å². The minimum atomic E-state index is -3.83. The monoisotopic (exact) mass is 300 g/mol. The van der Waals surface area contributed by atoms with Crippen molar-refractivity contribution < 1.29 is 35.0 Å². The summed E-state index contributed by atoms with van der Waals surface area (Å²) in [6.45, 7) is -1.95. The minimum absolute atomic E-state index is 1.70. The van der Waals surface area contributed by atoms with E-state index < -0.39 is 50.3 Å². The van der Waals surface area contributed by atoms with Crippen LogP contribution in [0.4, 0.5) is 0 Å². The molecule has 0 spiro atoms. The van der Waals surface area contributed by atoms with Crippen LogP contribution in [0.5, 0.6) is 0 Å². The molecular weight excluding hydrogens is 292 g/mol. The Kier molecular flexibility index (Phi) is 5.32. The zero-order valence-electron chi connectivity index (χ0n) is 9.34. The van der Waals surface area contributed by atoms with Gasteiger partial charge in [0.1, 0.15) is 9.85 Å². The molecule has 15 nitrogen and oxygen atoms in total. The summed E-state index contributed by atoms with van der Waals surface area (Å²) in [6.07, 6.45) is -9.43. The van der Waals surface area contributed by atoms with Crippen molar-refractivity contribution in [1.82, 2.24) is 0 Å². The number of hydrogen-bond acceptors (Lipinski definition) is 11. The molecule has 0 saturated heterocycles. The van der Waals surface area contributed by atoms with Gasteiger partial charge in [0.05, 0.1) is 9.85 Å². The maximum atomic E-state index is 10.6. The molecule has 0 aliphatic carbocycles. The van der Waals surface area contributed by atoms with E-state index in [1.54, 1.807) is 0 Å². The van der Waals surface area contributed by atoms with Crippen LogP contribution in [-0.2, 0) is 0 Å². The van der Waals surface area contributed by atoms with Gasteiger partial charge in [-0.15, -0.1) is 0 Å². The molecule has 0 aromatic heterocycles. The molecule has 0 saturated carbocycles. The molecule has 0 heterocycles. The normalized spacial score (nSPS) is 14.6. The second-order valence-electron chi connectivity index (χ2n) is 3.47. The molecule has 0 rings (SSSR count). The van der Waals surface area contributed by atoms with Crippen molar-refractivity contribution in [3.05, 3.63) is 40.5 Å². The Morgan fingerprint density at radius 2 is 1.25 bits per heavy atom. The Labute approximate surface area is 107 Å². The Bertz CT molecular complexity index is 409. The van der Waals surface area contributed by atoms with E-state index in [4.69, 9.17) is 5.11 Å². The van der Waals surface area contributed by atoms with Crippen LogP contribution in [0.2, 0.25) is 0 Å². The van der Waals surface area contributed by atoms with Gasteiger partial charge in [-0.3, -0.25) is 40.5 Å². The number of aliphatic hydroxyl groups excluding tert-OH is 3. The molecule has 3 N–H and O–H groups in total. The fourth-order valence-electron chi connectivity index (χ4n) is 1.25. The smallest absolute Gasteiger partial charge is 0.382 e. The summed E-state index contributed by atoms with van der Waals surface area (Å²) in [5.74, 6) is 0. The molecule has 2 atom stereocenters. The van der Waals surface area contributed by atoms with Crippen molar-refractivity contribution in [2.75, 3.05) is 6.61 Å². The SMILES string of the molecule is O=[N+]([O-])C(C(O)C(O)C(CO)([N+](=O)[O-])[N+](=O)[O-])[N+](=O)[O-]. The van der Waals surface area contributed by atoms with E-state index in [-0.39, 0.29) is 0 Å². The lowest BCUT2D eigenvalue weighted by molar-refractivity contribution is -0.816. The van der Waals surface area contributed by atoms with Crippen LogP contribution >= 0.6 is 0 Å². The van der Waals surface area contributed by atoms with Crippen molar-refractivity contribution in [1.29, 1.82) is 0 Å². The maximum Gasteiger partial charge on any atom is 0.508 e. The summed E-state index contributed by atoms with van der Waals surface area (Å²) >= 11 is 0. The van der Waals surface area contributed by atoms with Gasteiger partial charge in [0.25, 0.3) is 0 Å². The highest BCUT2D eigenvalue weighted by Gasteiger charge is 2.69. The number of rotatable bonds is 8. The Balaban J connectivity index is 5.74. The lowest BCUT2D eigenvalue weighted by atomic mass is 9.98. The van der Waals surface area contributed by atoms with Crippen molar-refractivity contribution in [2.24, 2.45) is 0 Å². The van der Waals surface area contributed by atoms with E-state index in [0.717, 1.165) is 0 Å². The molecule has 0 fully saturated rings. The standard InChI is InChI=1S/C5H8N4O11/c10-1-5(8(17)18,9(19)20)3(12)2(11)4(6(13)14)7(15)16/h2-4,10-12H,1H2. The predicted molar refractivity (Wildman–Crippen MR) is 53.6 cm³/mol. The van der Waals surface area contributed by atoms with E-state index in [2.05, 4.69) is 0 Å². The van der Waals surface area contributed by atoms with Gasteiger partial charge >= 0.3 is 11.8 Å². The zero-order valence-corrected chi connectivity index (χ0v) is 9.34. The van der Waals surface area contributed by atoms with Gasteiger partial charge in [-0.2, -0.15) is 0 Å². The third-order valence-electron chi connectivity index (χ3n) is 2.40. The Morgan fingerprint density at radius 3 is 1.45 bits per heavy atom. The third kappa shape index (κ3) is 2.73. The maximum absolute atomic E-state index is 10.6. The van der Waals surface area contributed by atoms with Crippen LogP contribution in [0.15, 0.2) is 0 Å². The lowest BCUT2D eigenvalue weighted by Gasteiger charge is -2.22. The van der Waals surface area contributed by atoms with E-state index >= 15 is 0 Å². The quantitative estimate of drug-likeness (QED) is 0.229. The summed E-state index contributed by atoms with van der Waals surface area (Å²) < 4.78 is 0. The summed E-state index contributed by atoms with van der Waals surface area (Å²) in [7, 11) is 0. The molecule has 0 aliphatic rings. The fourth-order valence-corrected chi connectivity index (χ4v) is 1.25. The molecule has 0 aliphatic heterocycles. The number of nitro groups is 4. The van der Waals surface area contributed by atoms with Crippen LogP contribution < -0.4 is 0 Å². The van der Waals surface area contributed by atoms with Crippen molar-refractivity contribution >= 4 is 0 Å². The second kappa shape index (κ2) is 6.08. The van der Waals surface area contributed by atoms with Gasteiger partial charge in [0.15, 0.2) is 6.61 Å². The predicted octanol–water partition coefficient (Wildman–Crippen LogP) is -3.17. The molecule has 2 unspecified atom stereocenters. The van der Waals surface area contributed by atoms with Gasteiger partial charge in [0, 0.05) is 0 Å². The zero-order chi connectivity index (χ0) is 16.2. The van der Waals surface area contributed by atoms with Crippen LogP contribution in [0.3, 0.4) is 0 Å². The highest BCUT2D eigenvalue weighted by molar-refractivity contribution is 4.84. The van der Waals surface area contributed by atoms with Gasteiger partial charge in [-0.1, -0.05) is 0 Å². The van der Waals surface area contributed by atoms with Crippen LogP contribution in [-0.4, -0.2) is 65.7 Å². The molecule has 0 aromatic rings. The van der Waals surface area contributed by atoms with Crippen molar-refractivity contribution in [3.63, 3.8) is 0 Å². The van der Waals surface area contributed by atoms with Gasteiger partial charge < -0.3 is 15.3 Å². The van der Waals surface area contributed by atoms with E-state index in [9.17, 15) is 50.7 Å². The van der Waals surface area contributed by atoms with Gasteiger partial charge in [-0.05, 0) is 0 Å². The van der Waals surface area contributed by atoms with Gasteiger partial charge in [0.2, 0.25) is 12.2 Å². The van der Waals surface area contributed by atoms with Crippen LogP contribution in [0.1, 0.15) is 0 Å². The number of hydrogen-bond donors (Lipinski definition) is 3. The molecule has 15 heteroatoms. The van der Waals surface area contributed by atoms with E-state index in [1.165, 1.54) is 0 Å². The van der Waals surface area contributed by atoms with Crippen molar-refractivity contribution in [3.8, 4) is 0 Å². The molecule has 0 aromatic carbocycles. The summed E-state index contributed by atoms with van der Waals surface area (Å²) in [5, 5.41) is 69.1. The first-order chi connectivity index (χ1) is 9.03. The third-order valence-corrected chi connectivity index (χ3v) is 2.40. The number of aliphatic hydroxyl groups is 3. The van der Waals surface area contributed by atoms with Crippen LogP contribution in [0.25, 0.3) is 0 Å². The first-order valence-electron chi connectivity index (χ1n) is 4.57. The second-order valence-corrected chi connectivity index (χ2v) is 3.47. The topological polar surface area (TPSA) is 233 Å². The highest BCUT2D eigenvalue weighted by atomic mass is 16.7. The Hall–Kier alpha value is -2.52. The lowest BCUT2D eigenvalue weighted by Crippen LogP contribution is -2.65. The first-order valence-corrected chi connectivity index (χ1v) is 4.57. The fraction of sp³-hybridized carbons (Fsp3) is 1.00. The molecular formula is C5H8N4O11. The molecule has 0 bridgehead atoms. The molecule has 0 amide bonds. The molecule has 20 heavy (non-hydrogen) atoms. The Morgan fingerprint density at radius 1 is 0.900 bits per heavy atom. The summed E-state index contributed by atoms with van der Waals surface area (Å²) in [6, 6.07) is 0. The average Bonchev–Trinajstić information content (AvgIpc) is 2.27. The van der Waals surface area contributed by atoms with Gasteiger partial charge in [-0.25, -0.2) is 0 Å². The summed E-state index contributed by atoms with van der Waals surface area (Å²) in [4.78, 5) is 34.8. The minimum Gasteiger partial charge on any atom is -0.382 e. The number of nitrogens with zero attached hydrogens (tertiary/aromatic N) is 4. The van der Waals surface area contributed by atoms with E-state index in [0.29, 0.717) is 0 Å². The highest BCUT2D eigenvalue weighted by Crippen LogP contribution is 2.21. The molecule has 114 valence electrons. The molecule has 0 radical (unpaired) electrons.